The maximum absolute atomic E-state index is 12.4. The lowest BCUT2D eigenvalue weighted by atomic mass is 10.1. The highest BCUT2D eigenvalue weighted by molar-refractivity contribution is 5.94. The molecule has 0 saturated carbocycles. The summed E-state index contributed by atoms with van der Waals surface area (Å²) in [5.74, 6) is 1.66. The summed E-state index contributed by atoms with van der Waals surface area (Å²) in [6.45, 7) is 0.755. The monoisotopic (exact) mass is 393 g/mol. The largest absolute Gasteiger partial charge is 0.497 e. The molecular weight excluding hydrogens is 374 g/mol. The summed E-state index contributed by atoms with van der Waals surface area (Å²) in [5, 5.41) is 2.79. The summed E-state index contributed by atoms with van der Waals surface area (Å²) >= 11 is 0. The van der Waals surface area contributed by atoms with Crippen LogP contribution in [0.25, 0.3) is 11.3 Å². The first kappa shape index (κ1) is 18.5. The van der Waals surface area contributed by atoms with Crippen molar-refractivity contribution in [2.24, 2.45) is 0 Å². The lowest BCUT2D eigenvalue weighted by molar-refractivity contribution is 0.0951. The zero-order chi connectivity index (χ0) is 20.2. The van der Waals surface area contributed by atoms with Gasteiger partial charge >= 0.3 is 0 Å². The number of aromatic nitrogens is 2. The number of ether oxygens (including phenoxy) is 3. The number of benzene rings is 2. The fourth-order valence-corrected chi connectivity index (χ4v) is 2.94. The Hall–Kier alpha value is -3.81. The summed E-state index contributed by atoms with van der Waals surface area (Å²) in [6, 6.07) is 13.8. The molecule has 8 heteroatoms. The van der Waals surface area contributed by atoms with Crippen LogP contribution in [0, 0.1) is 0 Å². The number of rotatable bonds is 6. The molecule has 0 unspecified atom stereocenters. The molecule has 148 valence electrons. The fourth-order valence-electron chi connectivity index (χ4n) is 2.94. The molecule has 0 fully saturated rings. The number of carbonyl (C=O) groups excluding carboxylic acids is 1. The Kier molecular flexibility index (Phi) is 5.15. The molecule has 1 aliphatic rings. The second-order valence-electron chi connectivity index (χ2n) is 6.36. The van der Waals surface area contributed by atoms with Gasteiger partial charge in [-0.15, -0.1) is 0 Å². The summed E-state index contributed by atoms with van der Waals surface area (Å²) in [4.78, 5) is 29.0. The van der Waals surface area contributed by atoms with Crippen molar-refractivity contribution in [1.82, 2.24) is 14.9 Å². The van der Waals surface area contributed by atoms with Crippen molar-refractivity contribution in [3.8, 4) is 28.5 Å². The molecule has 0 aliphatic carbocycles. The van der Waals surface area contributed by atoms with Gasteiger partial charge < -0.3 is 19.5 Å². The highest BCUT2D eigenvalue weighted by Gasteiger charge is 2.16. The molecule has 2 heterocycles. The predicted octanol–water partition coefficient (Wildman–Crippen LogP) is 2.08. The first-order chi connectivity index (χ1) is 14.1. The van der Waals surface area contributed by atoms with E-state index in [1.165, 1.54) is 17.0 Å². The van der Waals surface area contributed by atoms with E-state index in [9.17, 15) is 9.59 Å². The van der Waals surface area contributed by atoms with Gasteiger partial charge in [-0.05, 0) is 42.5 Å². The van der Waals surface area contributed by atoms with Crippen molar-refractivity contribution in [2.75, 3.05) is 20.4 Å². The van der Waals surface area contributed by atoms with E-state index in [-0.39, 0.29) is 24.8 Å². The molecule has 1 N–H and O–H groups in total. The first-order valence-electron chi connectivity index (χ1n) is 9.03. The van der Waals surface area contributed by atoms with Crippen LogP contribution in [0.1, 0.15) is 10.4 Å². The van der Waals surface area contributed by atoms with Crippen LogP contribution in [-0.4, -0.2) is 35.9 Å². The molecule has 0 bridgehead atoms. The van der Waals surface area contributed by atoms with Gasteiger partial charge in [0.05, 0.1) is 19.1 Å². The van der Waals surface area contributed by atoms with Gasteiger partial charge in [0.25, 0.3) is 11.5 Å². The molecule has 4 rings (SSSR count). The second-order valence-corrected chi connectivity index (χ2v) is 6.36. The second kappa shape index (κ2) is 8.05. The Morgan fingerprint density at radius 1 is 1.14 bits per heavy atom. The lowest BCUT2D eigenvalue weighted by Gasteiger charge is -2.09. The highest BCUT2D eigenvalue weighted by Crippen LogP contribution is 2.32. The lowest BCUT2D eigenvalue weighted by Crippen LogP contribution is -2.30. The smallest absolute Gasteiger partial charge is 0.253 e. The van der Waals surface area contributed by atoms with Crippen molar-refractivity contribution in [3.63, 3.8) is 0 Å². The molecule has 2 aromatic carbocycles. The SMILES string of the molecule is COc1ccc(-c2cc(=O)n(CCNC(=O)c3ccc4c(c3)OCO4)cn2)cc1. The average Bonchev–Trinajstić information content (AvgIpc) is 3.22. The number of nitrogens with one attached hydrogen (secondary N) is 1. The minimum atomic E-state index is -0.251. The zero-order valence-corrected chi connectivity index (χ0v) is 15.8. The molecule has 1 amide bonds. The van der Waals surface area contributed by atoms with Crippen LogP contribution < -0.4 is 25.1 Å². The van der Waals surface area contributed by atoms with E-state index in [2.05, 4.69) is 10.3 Å². The van der Waals surface area contributed by atoms with E-state index >= 15 is 0 Å². The van der Waals surface area contributed by atoms with Crippen molar-refractivity contribution in [1.29, 1.82) is 0 Å². The molecule has 29 heavy (non-hydrogen) atoms. The normalized spacial score (nSPS) is 11.9. The number of hydrogen-bond donors (Lipinski definition) is 1. The molecule has 1 aliphatic heterocycles. The molecule has 0 atom stereocenters. The van der Waals surface area contributed by atoms with Gasteiger partial charge in [-0.3, -0.25) is 14.2 Å². The number of fused-ring (bicyclic) bond motifs is 1. The standard InChI is InChI=1S/C21H19N3O5/c1-27-16-5-2-14(3-6-16)17-11-20(25)24(12-23-17)9-8-22-21(26)15-4-7-18-19(10-15)29-13-28-18/h2-7,10-12H,8-9,13H2,1H3,(H,22,26). The summed E-state index contributed by atoms with van der Waals surface area (Å²) in [7, 11) is 1.60. The predicted molar refractivity (Wildman–Crippen MR) is 105 cm³/mol. The van der Waals surface area contributed by atoms with Crippen molar-refractivity contribution < 1.29 is 19.0 Å². The van der Waals surface area contributed by atoms with E-state index in [1.54, 1.807) is 25.3 Å². The van der Waals surface area contributed by atoms with Crippen LogP contribution >= 0.6 is 0 Å². The Bertz CT molecular complexity index is 1090. The number of nitrogens with zero attached hydrogens (tertiary/aromatic N) is 2. The quantitative estimate of drug-likeness (QED) is 0.689. The van der Waals surface area contributed by atoms with Crippen LogP contribution in [0.15, 0.2) is 59.7 Å². The van der Waals surface area contributed by atoms with E-state index in [0.717, 1.165) is 11.3 Å². The van der Waals surface area contributed by atoms with Gasteiger partial charge in [-0.25, -0.2) is 4.98 Å². The average molecular weight is 393 g/mol. The van der Waals surface area contributed by atoms with E-state index < -0.39 is 0 Å². The number of carbonyl (C=O) groups is 1. The van der Waals surface area contributed by atoms with Crippen LogP contribution in [-0.2, 0) is 6.54 Å². The molecule has 0 radical (unpaired) electrons. The Balaban J connectivity index is 1.37. The van der Waals surface area contributed by atoms with E-state index in [1.807, 2.05) is 24.3 Å². The number of hydrogen-bond acceptors (Lipinski definition) is 6. The topological polar surface area (TPSA) is 91.7 Å². The van der Waals surface area contributed by atoms with Gasteiger partial charge in [0.1, 0.15) is 5.75 Å². The molecule has 3 aromatic rings. The van der Waals surface area contributed by atoms with E-state index in [0.29, 0.717) is 29.3 Å². The Labute approximate surface area is 166 Å². The zero-order valence-electron chi connectivity index (χ0n) is 15.8. The van der Waals surface area contributed by atoms with Crippen molar-refractivity contribution in [3.05, 3.63) is 70.8 Å². The van der Waals surface area contributed by atoms with Crippen LogP contribution in [0.5, 0.6) is 17.2 Å². The Morgan fingerprint density at radius 2 is 1.93 bits per heavy atom. The fraction of sp³-hybridized carbons (Fsp3) is 0.190. The van der Waals surface area contributed by atoms with E-state index in [4.69, 9.17) is 14.2 Å². The van der Waals surface area contributed by atoms with Gasteiger partial charge in [0.2, 0.25) is 6.79 Å². The molecule has 0 saturated heterocycles. The molecule has 8 nitrogen and oxygen atoms in total. The van der Waals surface area contributed by atoms with Crippen LogP contribution in [0.3, 0.4) is 0 Å². The third kappa shape index (κ3) is 4.06. The van der Waals surface area contributed by atoms with Crippen molar-refractivity contribution in [2.45, 2.75) is 6.54 Å². The Morgan fingerprint density at radius 3 is 2.69 bits per heavy atom. The molecular formula is C21H19N3O5. The highest BCUT2D eigenvalue weighted by atomic mass is 16.7. The van der Waals surface area contributed by atoms with Gasteiger partial charge in [-0.2, -0.15) is 0 Å². The van der Waals surface area contributed by atoms with Gasteiger partial charge in [0, 0.05) is 30.3 Å². The van der Waals surface area contributed by atoms with Crippen LogP contribution in [0.2, 0.25) is 0 Å². The first-order valence-corrected chi connectivity index (χ1v) is 9.03. The summed E-state index contributed by atoms with van der Waals surface area (Å²) in [6.07, 6.45) is 1.48. The third-order valence-corrected chi connectivity index (χ3v) is 4.54. The molecule has 0 spiro atoms. The van der Waals surface area contributed by atoms with Gasteiger partial charge in [0.15, 0.2) is 11.5 Å². The number of amides is 1. The minimum absolute atomic E-state index is 0.156. The van der Waals surface area contributed by atoms with Crippen LogP contribution in [0.4, 0.5) is 0 Å². The summed E-state index contributed by atoms with van der Waals surface area (Å²) in [5.41, 5.74) is 1.68. The maximum atomic E-state index is 12.4. The third-order valence-electron chi connectivity index (χ3n) is 4.54. The molecule has 1 aromatic heterocycles. The maximum Gasteiger partial charge on any atom is 0.253 e. The van der Waals surface area contributed by atoms with Crippen molar-refractivity contribution >= 4 is 5.91 Å². The summed E-state index contributed by atoms with van der Waals surface area (Å²) < 4.78 is 17.1. The number of methoxy groups -OCH3 is 1. The minimum Gasteiger partial charge on any atom is -0.497 e. The van der Waals surface area contributed by atoms with Gasteiger partial charge in [-0.1, -0.05) is 0 Å².